The molecule has 2 aliphatic rings. The minimum absolute atomic E-state index is 0.148. The smallest absolute Gasteiger partial charge is 0.279 e. The van der Waals surface area contributed by atoms with Crippen LogP contribution in [-0.2, 0) is 11.2 Å². The Balaban J connectivity index is 1.49. The van der Waals surface area contributed by atoms with Gasteiger partial charge < -0.3 is 10.2 Å². The molecule has 25 heavy (non-hydrogen) atoms. The van der Waals surface area contributed by atoms with Crippen molar-refractivity contribution in [2.75, 3.05) is 18.4 Å². The SMILES string of the molecule is Cc1cc(C)c(NC(=O)C[NH+]2CCc3sccc3[C@@H]2C2CC2)c(C)c1. The maximum Gasteiger partial charge on any atom is 0.279 e. The standard InChI is InChI=1S/C21H26N2OS/c1-13-10-14(2)20(15(3)11-13)22-19(24)12-23-8-6-18-17(7-9-25-18)21(23)16-4-5-16/h7,9-11,16,21H,4-6,8,12H2,1-3H3,(H,22,24)/p+1/t21-/m0/s1. The van der Waals surface area contributed by atoms with Gasteiger partial charge in [-0.2, -0.15) is 0 Å². The summed E-state index contributed by atoms with van der Waals surface area (Å²) in [6.45, 7) is 7.90. The largest absolute Gasteiger partial charge is 0.321 e. The Labute approximate surface area is 154 Å². The Hall–Kier alpha value is -1.65. The molecule has 1 aliphatic carbocycles. The minimum Gasteiger partial charge on any atom is -0.321 e. The van der Waals surface area contributed by atoms with Gasteiger partial charge in [0.15, 0.2) is 6.54 Å². The van der Waals surface area contributed by atoms with E-state index in [0.717, 1.165) is 35.7 Å². The van der Waals surface area contributed by atoms with E-state index in [1.54, 1.807) is 4.88 Å². The van der Waals surface area contributed by atoms with Crippen molar-refractivity contribution in [1.82, 2.24) is 0 Å². The van der Waals surface area contributed by atoms with Crippen molar-refractivity contribution >= 4 is 22.9 Å². The summed E-state index contributed by atoms with van der Waals surface area (Å²) in [5.74, 6) is 0.925. The summed E-state index contributed by atoms with van der Waals surface area (Å²) >= 11 is 1.89. The molecule has 1 fully saturated rings. The van der Waals surface area contributed by atoms with Crippen molar-refractivity contribution in [3.63, 3.8) is 0 Å². The van der Waals surface area contributed by atoms with Gasteiger partial charge in [0.1, 0.15) is 6.04 Å². The average Bonchev–Trinajstić information content (AvgIpc) is 3.27. The number of nitrogens with one attached hydrogen (secondary N) is 2. The highest BCUT2D eigenvalue weighted by atomic mass is 32.1. The highest BCUT2D eigenvalue weighted by Crippen LogP contribution is 2.42. The van der Waals surface area contributed by atoms with E-state index < -0.39 is 0 Å². The zero-order valence-corrected chi connectivity index (χ0v) is 16.1. The second-order valence-corrected chi connectivity index (χ2v) is 8.77. The van der Waals surface area contributed by atoms with Crippen LogP contribution in [0.25, 0.3) is 0 Å². The van der Waals surface area contributed by atoms with Crippen LogP contribution in [0.5, 0.6) is 0 Å². The Morgan fingerprint density at radius 1 is 1.24 bits per heavy atom. The molecule has 1 saturated carbocycles. The Kier molecular flexibility index (Phi) is 4.42. The van der Waals surface area contributed by atoms with Crippen LogP contribution in [0.4, 0.5) is 5.69 Å². The van der Waals surface area contributed by atoms with Gasteiger partial charge in [0.05, 0.1) is 6.54 Å². The van der Waals surface area contributed by atoms with Gasteiger partial charge in [0, 0.05) is 28.5 Å². The molecule has 132 valence electrons. The van der Waals surface area contributed by atoms with E-state index >= 15 is 0 Å². The Bertz CT molecular complexity index is 783. The maximum absolute atomic E-state index is 12.8. The lowest BCUT2D eigenvalue weighted by molar-refractivity contribution is -0.928. The molecule has 0 saturated heterocycles. The van der Waals surface area contributed by atoms with Crippen molar-refractivity contribution in [3.05, 3.63) is 50.7 Å². The lowest BCUT2D eigenvalue weighted by Crippen LogP contribution is -3.14. The molecule has 2 N–H and O–H groups in total. The van der Waals surface area contributed by atoms with Gasteiger partial charge in [-0.25, -0.2) is 0 Å². The van der Waals surface area contributed by atoms with Crippen LogP contribution in [0.2, 0.25) is 0 Å². The van der Waals surface area contributed by atoms with Crippen LogP contribution in [-0.4, -0.2) is 19.0 Å². The average molecular weight is 356 g/mol. The van der Waals surface area contributed by atoms with Crippen LogP contribution < -0.4 is 10.2 Å². The first-order valence-corrected chi connectivity index (χ1v) is 10.2. The van der Waals surface area contributed by atoms with E-state index in [1.165, 1.54) is 28.9 Å². The fourth-order valence-corrected chi connectivity index (χ4v) is 5.39. The first kappa shape index (κ1) is 16.8. The van der Waals surface area contributed by atoms with Crippen molar-refractivity contribution < 1.29 is 9.69 Å². The fourth-order valence-electron chi connectivity index (χ4n) is 4.46. The van der Waals surface area contributed by atoms with Crippen molar-refractivity contribution in [1.29, 1.82) is 0 Å². The van der Waals surface area contributed by atoms with Crippen molar-refractivity contribution in [2.24, 2.45) is 5.92 Å². The van der Waals surface area contributed by atoms with E-state index in [2.05, 4.69) is 49.7 Å². The fraction of sp³-hybridized carbons (Fsp3) is 0.476. The summed E-state index contributed by atoms with van der Waals surface area (Å²) in [7, 11) is 0. The zero-order valence-electron chi connectivity index (χ0n) is 15.3. The van der Waals surface area contributed by atoms with Gasteiger partial charge in [0.25, 0.3) is 5.91 Å². The van der Waals surface area contributed by atoms with E-state index in [0.29, 0.717) is 12.6 Å². The lowest BCUT2D eigenvalue weighted by Gasteiger charge is -2.32. The Morgan fingerprint density at radius 3 is 2.64 bits per heavy atom. The van der Waals surface area contributed by atoms with E-state index in [4.69, 9.17) is 0 Å². The topological polar surface area (TPSA) is 33.5 Å². The second-order valence-electron chi connectivity index (χ2n) is 7.77. The molecule has 0 radical (unpaired) electrons. The predicted molar refractivity (Wildman–Crippen MR) is 103 cm³/mol. The van der Waals surface area contributed by atoms with Crippen LogP contribution in [0.3, 0.4) is 0 Å². The molecule has 2 heterocycles. The number of anilines is 1. The first-order valence-electron chi connectivity index (χ1n) is 9.31. The summed E-state index contributed by atoms with van der Waals surface area (Å²) in [5, 5.41) is 5.42. The van der Waals surface area contributed by atoms with Crippen LogP contribution in [0, 0.1) is 26.7 Å². The van der Waals surface area contributed by atoms with E-state index in [1.807, 2.05) is 11.3 Å². The van der Waals surface area contributed by atoms with Gasteiger partial charge in [-0.3, -0.25) is 4.79 Å². The summed E-state index contributed by atoms with van der Waals surface area (Å²) < 4.78 is 0. The van der Waals surface area contributed by atoms with Crippen molar-refractivity contribution in [3.8, 4) is 0 Å². The van der Waals surface area contributed by atoms with E-state index in [-0.39, 0.29) is 5.91 Å². The first-order chi connectivity index (χ1) is 12.0. The van der Waals surface area contributed by atoms with Gasteiger partial charge >= 0.3 is 0 Å². The van der Waals surface area contributed by atoms with Gasteiger partial charge in [-0.05, 0) is 56.2 Å². The van der Waals surface area contributed by atoms with Gasteiger partial charge in [0.2, 0.25) is 0 Å². The number of benzene rings is 1. The number of aryl methyl sites for hydroxylation is 3. The number of hydrogen-bond donors (Lipinski definition) is 2. The molecule has 3 nitrogen and oxygen atoms in total. The summed E-state index contributed by atoms with van der Waals surface area (Å²) in [6, 6.07) is 7.11. The molecule has 4 rings (SSSR count). The summed E-state index contributed by atoms with van der Waals surface area (Å²) in [6.07, 6.45) is 3.75. The zero-order chi connectivity index (χ0) is 17.6. The molecule has 1 aliphatic heterocycles. The minimum atomic E-state index is 0.148. The van der Waals surface area contributed by atoms with Crippen molar-refractivity contribution in [2.45, 2.75) is 46.1 Å². The maximum atomic E-state index is 12.8. The van der Waals surface area contributed by atoms with Gasteiger partial charge in [-0.1, -0.05) is 17.7 Å². The molecule has 2 atom stereocenters. The Morgan fingerprint density at radius 2 is 1.96 bits per heavy atom. The molecule has 1 unspecified atom stereocenters. The van der Waals surface area contributed by atoms with Crippen LogP contribution >= 0.6 is 11.3 Å². The lowest BCUT2D eigenvalue weighted by atomic mass is 9.96. The number of rotatable bonds is 4. The molecule has 4 heteroatoms. The molecular formula is C21H27N2OS+. The highest BCUT2D eigenvalue weighted by Gasteiger charge is 2.43. The molecule has 1 aromatic carbocycles. The summed E-state index contributed by atoms with van der Waals surface area (Å²) in [4.78, 5) is 15.8. The third-order valence-corrected chi connectivity index (χ3v) is 6.65. The molecule has 1 amide bonds. The number of quaternary nitrogens is 1. The number of thiophene rings is 1. The third-order valence-electron chi connectivity index (χ3n) is 5.65. The predicted octanol–water partition coefficient (Wildman–Crippen LogP) is 3.20. The number of hydrogen-bond acceptors (Lipinski definition) is 2. The second kappa shape index (κ2) is 6.58. The normalized spacial score (nSPS) is 22.5. The molecule has 1 aromatic heterocycles. The monoisotopic (exact) mass is 355 g/mol. The van der Waals surface area contributed by atoms with Gasteiger partial charge in [-0.15, -0.1) is 11.3 Å². The quantitative estimate of drug-likeness (QED) is 0.868. The number of fused-ring (bicyclic) bond motifs is 1. The summed E-state index contributed by atoms with van der Waals surface area (Å²) in [5.41, 5.74) is 6.06. The third kappa shape index (κ3) is 3.38. The molecule has 0 bridgehead atoms. The number of carbonyl (C=O) groups excluding carboxylic acids is 1. The molecule has 2 aromatic rings. The van der Waals surface area contributed by atoms with Crippen LogP contribution in [0.15, 0.2) is 23.6 Å². The molecular weight excluding hydrogens is 328 g/mol. The number of amides is 1. The van der Waals surface area contributed by atoms with E-state index in [9.17, 15) is 4.79 Å². The van der Waals surface area contributed by atoms with Crippen LogP contribution in [0.1, 0.15) is 46.0 Å². The number of carbonyl (C=O) groups is 1. The highest BCUT2D eigenvalue weighted by molar-refractivity contribution is 7.10. The molecule has 0 spiro atoms.